The molecule has 4 rings (SSSR count). The summed E-state index contributed by atoms with van der Waals surface area (Å²) in [6, 6.07) is 13.1. The van der Waals surface area contributed by atoms with E-state index in [1.807, 2.05) is 6.07 Å². The molecule has 2 aliphatic rings. The maximum atomic E-state index is 15.9. The van der Waals surface area contributed by atoms with Gasteiger partial charge in [-0.25, -0.2) is 21.9 Å². The summed E-state index contributed by atoms with van der Waals surface area (Å²) in [7, 11) is -3.52. The summed E-state index contributed by atoms with van der Waals surface area (Å²) in [6.45, 7) is 1.10. The molecule has 9 heteroatoms. The molecular formula is C22H23ClF2N2O3S. The molecule has 2 fully saturated rings. The van der Waals surface area contributed by atoms with E-state index in [1.165, 1.54) is 11.8 Å². The van der Waals surface area contributed by atoms with E-state index in [2.05, 4.69) is 4.72 Å². The first-order valence-electron chi connectivity index (χ1n) is 10.1. The lowest BCUT2D eigenvalue weighted by atomic mass is 9.93. The van der Waals surface area contributed by atoms with Crippen LogP contribution >= 0.6 is 11.6 Å². The van der Waals surface area contributed by atoms with Crippen molar-refractivity contribution in [2.75, 3.05) is 18.8 Å². The van der Waals surface area contributed by atoms with Crippen molar-refractivity contribution in [3.8, 4) is 11.1 Å². The van der Waals surface area contributed by atoms with Crippen molar-refractivity contribution >= 4 is 27.5 Å². The van der Waals surface area contributed by atoms with Gasteiger partial charge in [0.15, 0.2) is 0 Å². The second-order valence-electron chi connectivity index (χ2n) is 7.97. The van der Waals surface area contributed by atoms with E-state index in [1.54, 1.807) is 42.5 Å². The second-order valence-corrected chi connectivity index (χ2v) is 10.5. The van der Waals surface area contributed by atoms with Gasteiger partial charge in [0, 0.05) is 23.6 Å². The van der Waals surface area contributed by atoms with E-state index in [9.17, 15) is 17.6 Å². The molecule has 1 heterocycles. The van der Waals surface area contributed by atoms with Gasteiger partial charge in [0.2, 0.25) is 15.9 Å². The highest BCUT2D eigenvalue weighted by atomic mass is 35.5. The molecule has 0 spiro atoms. The van der Waals surface area contributed by atoms with Crippen molar-refractivity contribution in [3.63, 3.8) is 0 Å². The molecular weight excluding hydrogens is 446 g/mol. The Morgan fingerprint density at radius 3 is 2.48 bits per heavy atom. The van der Waals surface area contributed by atoms with Crippen LogP contribution in [0.4, 0.5) is 8.78 Å². The average Bonchev–Trinajstić information content (AvgIpc) is 3.44. The first-order chi connectivity index (χ1) is 14.7. The quantitative estimate of drug-likeness (QED) is 0.674. The lowest BCUT2D eigenvalue weighted by Crippen LogP contribution is -2.64. The van der Waals surface area contributed by atoms with Gasteiger partial charge in [-0.05, 0) is 24.1 Å². The van der Waals surface area contributed by atoms with Gasteiger partial charge in [-0.1, -0.05) is 54.1 Å². The predicted octanol–water partition coefficient (Wildman–Crippen LogP) is 3.68. The number of hydrogen-bond acceptors (Lipinski definition) is 3. The van der Waals surface area contributed by atoms with Crippen molar-refractivity contribution in [3.05, 3.63) is 59.1 Å². The summed E-state index contributed by atoms with van der Waals surface area (Å²) in [6.07, 6.45) is -1.35. The van der Waals surface area contributed by atoms with Gasteiger partial charge in [0.05, 0.1) is 24.3 Å². The molecule has 166 valence electrons. The molecule has 2 aromatic rings. The molecule has 5 nitrogen and oxygen atoms in total. The number of nitrogens with zero attached hydrogens (tertiary/aromatic N) is 1. The lowest BCUT2D eigenvalue weighted by molar-refractivity contribution is -0.147. The zero-order chi connectivity index (χ0) is 22.4. The second kappa shape index (κ2) is 8.15. The topological polar surface area (TPSA) is 66.5 Å². The number of carbonyl (C=O) groups is 1. The monoisotopic (exact) mass is 468 g/mol. The first kappa shape index (κ1) is 22.2. The summed E-state index contributed by atoms with van der Waals surface area (Å²) in [5, 5.41) is 0.480. The average molecular weight is 469 g/mol. The van der Waals surface area contributed by atoms with Crippen molar-refractivity contribution in [1.82, 2.24) is 9.62 Å². The van der Waals surface area contributed by atoms with Crippen LogP contribution in [0.25, 0.3) is 11.1 Å². The fourth-order valence-electron chi connectivity index (χ4n) is 4.09. The number of sulfonamides is 1. The van der Waals surface area contributed by atoms with Crippen molar-refractivity contribution in [2.45, 2.75) is 31.2 Å². The van der Waals surface area contributed by atoms with Gasteiger partial charge in [-0.3, -0.25) is 4.79 Å². The third kappa shape index (κ3) is 4.08. The zero-order valence-corrected chi connectivity index (χ0v) is 18.5. The van der Waals surface area contributed by atoms with Gasteiger partial charge in [0.1, 0.15) is 11.8 Å². The van der Waals surface area contributed by atoms with Crippen molar-refractivity contribution in [1.29, 1.82) is 0 Å². The Kier molecular flexibility index (Phi) is 5.83. The Morgan fingerprint density at radius 2 is 1.84 bits per heavy atom. The number of carbonyl (C=O) groups excluding carboxylic acids is 1. The minimum atomic E-state index is -3.52. The highest BCUT2D eigenvalue weighted by Gasteiger charge is 2.64. The zero-order valence-electron chi connectivity index (χ0n) is 16.9. The number of benzene rings is 2. The Balaban J connectivity index is 1.53. The summed E-state index contributed by atoms with van der Waals surface area (Å²) in [4.78, 5) is 14.2. The highest BCUT2D eigenvalue weighted by Crippen LogP contribution is 2.59. The molecule has 0 radical (unpaired) electrons. The number of hydrogen-bond donors (Lipinski definition) is 1. The molecule has 2 aromatic carbocycles. The number of likely N-dealkylation sites (tertiary alicyclic amines) is 1. The fraction of sp³-hybridized carbons (Fsp3) is 0.409. The van der Waals surface area contributed by atoms with Crippen molar-refractivity contribution in [2.24, 2.45) is 5.92 Å². The molecule has 1 N–H and O–H groups in total. The Labute approximate surface area is 185 Å². The number of amides is 1. The predicted molar refractivity (Wildman–Crippen MR) is 116 cm³/mol. The first-order valence-corrected chi connectivity index (χ1v) is 12.2. The number of nitrogens with one attached hydrogen (secondary N) is 1. The van der Waals surface area contributed by atoms with E-state index < -0.39 is 39.7 Å². The van der Waals surface area contributed by atoms with Gasteiger partial charge in [-0.2, -0.15) is 0 Å². The third-order valence-corrected chi connectivity index (χ3v) is 7.79. The van der Waals surface area contributed by atoms with Gasteiger partial charge in [0.25, 0.3) is 0 Å². The maximum Gasteiger partial charge on any atom is 0.229 e. The molecule has 1 aliphatic heterocycles. The van der Waals surface area contributed by atoms with Crippen LogP contribution < -0.4 is 4.72 Å². The number of rotatable bonds is 7. The molecule has 31 heavy (non-hydrogen) atoms. The third-order valence-electron chi connectivity index (χ3n) is 6.09. The summed E-state index contributed by atoms with van der Waals surface area (Å²) < 4.78 is 55.6. The van der Waals surface area contributed by atoms with E-state index in [-0.39, 0.29) is 25.3 Å². The smallest absolute Gasteiger partial charge is 0.229 e. The van der Waals surface area contributed by atoms with Crippen LogP contribution in [0.15, 0.2) is 48.5 Å². The van der Waals surface area contributed by atoms with E-state index >= 15 is 4.39 Å². The Morgan fingerprint density at radius 1 is 1.19 bits per heavy atom. The molecule has 1 saturated carbocycles. The van der Waals surface area contributed by atoms with Crippen LogP contribution in [0.2, 0.25) is 5.02 Å². The molecule has 0 bridgehead atoms. The van der Waals surface area contributed by atoms with Crippen LogP contribution in [0.5, 0.6) is 0 Å². The SMILES string of the molecule is CCS(=O)(=O)NC[C@@H]1[C@H](F)CN1C(=O)[C@@H]1C[C@@]1(F)c1ccccc1-c1ccccc1Cl. The molecule has 0 unspecified atom stereocenters. The molecule has 1 aliphatic carbocycles. The van der Waals surface area contributed by atoms with Crippen molar-refractivity contribution < 1.29 is 22.0 Å². The van der Waals surface area contributed by atoms with E-state index in [0.29, 0.717) is 21.7 Å². The maximum absolute atomic E-state index is 15.9. The molecule has 1 saturated heterocycles. The highest BCUT2D eigenvalue weighted by molar-refractivity contribution is 7.89. The van der Waals surface area contributed by atoms with Crippen LogP contribution in [-0.2, 0) is 20.5 Å². The Hall–Kier alpha value is -2.03. The molecule has 0 aromatic heterocycles. The van der Waals surface area contributed by atoms with Gasteiger partial charge in [-0.15, -0.1) is 0 Å². The van der Waals surface area contributed by atoms with Crippen LogP contribution in [0.3, 0.4) is 0 Å². The fourth-order valence-corrected chi connectivity index (χ4v) is 4.95. The van der Waals surface area contributed by atoms with E-state index in [4.69, 9.17) is 11.6 Å². The number of alkyl halides is 2. The van der Waals surface area contributed by atoms with Crippen LogP contribution in [0, 0.1) is 5.92 Å². The largest absolute Gasteiger partial charge is 0.332 e. The summed E-state index contributed by atoms with van der Waals surface area (Å²) >= 11 is 6.31. The lowest BCUT2D eigenvalue weighted by Gasteiger charge is -2.44. The molecule has 4 atom stereocenters. The van der Waals surface area contributed by atoms with Gasteiger partial charge < -0.3 is 4.90 Å². The number of halogens is 3. The van der Waals surface area contributed by atoms with Crippen LogP contribution in [-0.4, -0.2) is 50.3 Å². The Bertz CT molecular complexity index is 1110. The van der Waals surface area contributed by atoms with Gasteiger partial charge >= 0.3 is 0 Å². The summed E-state index contributed by atoms with van der Waals surface area (Å²) in [5.41, 5.74) is -0.205. The normalized spacial score (nSPS) is 27.6. The van der Waals surface area contributed by atoms with Crippen LogP contribution in [0.1, 0.15) is 18.9 Å². The minimum absolute atomic E-state index is 0.00579. The molecule has 1 amide bonds. The standard InChI is InChI=1S/C22H23ClF2N2O3S/c1-2-31(29,30)26-12-20-19(24)13-27(20)21(28)17-11-22(17,25)16-9-5-3-7-14(16)15-8-4-6-10-18(15)23/h3-10,17,19-20,26H,2,11-13H2,1H3/t17-,19+,20+,22+/m0/s1. The minimum Gasteiger partial charge on any atom is -0.332 e. The summed E-state index contributed by atoms with van der Waals surface area (Å²) in [5.74, 6) is -1.57. The van der Waals surface area contributed by atoms with E-state index in [0.717, 1.165) is 0 Å².